The van der Waals surface area contributed by atoms with E-state index in [9.17, 15) is 0 Å². The molecule has 1 aromatic heterocycles. The fourth-order valence-corrected chi connectivity index (χ4v) is 4.65. The van der Waals surface area contributed by atoms with Crippen LogP contribution in [0.3, 0.4) is 0 Å². The molecule has 0 aliphatic carbocycles. The molecule has 1 aliphatic heterocycles. The van der Waals surface area contributed by atoms with Crippen molar-refractivity contribution in [2.24, 2.45) is 0 Å². The van der Waals surface area contributed by atoms with Gasteiger partial charge >= 0.3 is 0 Å². The minimum absolute atomic E-state index is 0.653. The molecular weight excluding hydrogens is 448 g/mol. The van der Waals surface area contributed by atoms with E-state index in [-0.39, 0.29) is 0 Å². The van der Waals surface area contributed by atoms with Gasteiger partial charge in [-0.05, 0) is 30.7 Å². The third kappa shape index (κ3) is 4.21. The summed E-state index contributed by atoms with van der Waals surface area (Å²) in [7, 11) is 3.29. The highest BCUT2D eigenvalue weighted by Crippen LogP contribution is 2.37. The van der Waals surface area contributed by atoms with Crippen molar-refractivity contribution in [2.75, 3.05) is 50.2 Å². The molecule has 0 unspecified atom stereocenters. The van der Waals surface area contributed by atoms with Crippen LogP contribution in [0, 0.1) is 6.92 Å². The van der Waals surface area contributed by atoms with Crippen molar-refractivity contribution in [1.82, 2.24) is 9.97 Å². The quantitative estimate of drug-likeness (QED) is 0.375. The first-order valence-electron chi connectivity index (χ1n) is 11.3. The number of piperazine rings is 1. The van der Waals surface area contributed by atoms with Gasteiger partial charge in [0.2, 0.25) is 0 Å². The van der Waals surface area contributed by atoms with E-state index in [4.69, 9.17) is 31.0 Å². The van der Waals surface area contributed by atoms with Gasteiger partial charge in [-0.25, -0.2) is 9.97 Å². The van der Waals surface area contributed by atoms with Crippen LogP contribution in [-0.4, -0.2) is 50.4 Å². The number of hydrogen-bond donors (Lipinski definition) is 0. The lowest BCUT2D eigenvalue weighted by molar-refractivity contribution is 0.356. The van der Waals surface area contributed by atoms with Gasteiger partial charge in [0.25, 0.3) is 0 Å². The van der Waals surface area contributed by atoms with Crippen LogP contribution in [0.2, 0.25) is 5.02 Å². The molecule has 4 aromatic rings. The van der Waals surface area contributed by atoms with Crippen LogP contribution in [0.25, 0.3) is 22.3 Å². The Bertz CT molecular complexity index is 1320. The normalized spacial score (nSPS) is 13.9. The third-order valence-corrected chi connectivity index (χ3v) is 6.54. The van der Waals surface area contributed by atoms with Crippen LogP contribution in [0.4, 0.5) is 11.5 Å². The molecule has 0 atom stereocenters. The maximum atomic E-state index is 6.28. The maximum Gasteiger partial charge on any atom is 0.162 e. The molecule has 0 amide bonds. The van der Waals surface area contributed by atoms with Gasteiger partial charge in [0, 0.05) is 53.9 Å². The van der Waals surface area contributed by atoms with Gasteiger partial charge < -0.3 is 19.3 Å². The monoisotopic (exact) mass is 474 g/mol. The number of benzene rings is 3. The molecule has 7 heteroatoms. The van der Waals surface area contributed by atoms with Crippen molar-refractivity contribution in [3.05, 3.63) is 71.2 Å². The lowest BCUT2D eigenvalue weighted by Crippen LogP contribution is -2.47. The Morgan fingerprint density at radius 3 is 2.18 bits per heavy atom. The molecular formula is C27H27ClN4O2. The standard InChI is InChI=1S/C27H27ClN4O2/c1-18-9-10-20(28)15-23(18)31-11-13-32(14-12-31)27-21-16-24(33-2)25(34-3)17-22(21)29-26(30-27)19-7-5-4-6-8-19/h4-10,15-17H,11-14H2,1-3H3. The minimum Gasteiger partial charge on any atom is -0.493 e. The largest absolute Gasteiger partial charge is 0.493 e. The Labute approximate surface area is 204 Å². The number of nitrogens with zero attached hydrogens (tertiary/aromatic N) is 4. The zero-order valence-corrected chi connectivity index (χ0v) is 20.3. The second-order valence-electron chi connectivity index (χ2n) is 8.37. The topological polar surface area (TPSA) is 50.7 Å². The summed E-state index contributed by atoms with van der Waals surface area (Å²) in [6.45, 7) is 5.55. The zero-order chi connectivity index (χ0) is 23.7. The van der Waals surface area contributed by atoms with Crippen molar-refractivity contribution in [3.63, 3.8) is 0 Å². The van der Waals surface area contributed by atoms with E-state index in [1.54, 1.807) is 14.2 Å². The smallest absolute Gasteiger partial charge is 0.162 e. The molecule has 0 radical (unpaired) electrons. The number of ether oxygens (including phenoxy) is 2. The molecule has 0 spiro atoms. The zero-order valence-electron chi connectivity index (χ0n) is 19.6. The first-order chi connectivity index (χ1) is 16.6. The van der Waals surface area contributed by atoms with Crippen molar-refractivity contribution in [3.8, 4) is 22.9 Å². The number of rotatable bonds is 5. The second-order valence-corrected chi connectivity index (χ2v) is 8.80. The van der Waals surface area contributed by atoms with Crippen molar-refractivity contribution < 1.29 is 9.47 Å². The van der Waals surface area contributed by atoms with E-state index in [0.717, 1.165) is 53.5 Å². The third-order valence-electron chi connectivity index (χ3n) is 6.30. The Morgan fingerprint density at radius 1 is 0.794 bits per heavy atom. The van der Waals surface area contributed by atoms with Gasteiger partial charge in [-0.3, -0.25) is 0 Å². The summed E-state index contributed by atoms with van der Waals surface area (Å²) < 4.78 is 11.1. The molecule has 1 fully saturated rings. The Kier molecular flexibility index (Phi) is 6.16. The molecule has 6 nitrogen and oxygen atoms in total. The second kappa shape index (κ2) is 9.39. The van der Waals surface area contributed by atoms with Crippen molar-refractivity contribution in [2.45, 2.75) is 6.92 Å². The number of hydrogen-bond acceptors (Lipinski definition) is 6. The van der Waals surface area contributed by atoms with E-state index in [2.05, 4.69) is 28.9 Å². The Morgan fingerprint density at radius 2 is 1.47 bits per heavy atom. The van der Waals surface area contributed by atoms with E-state index in [0.29, 0.717) is 17.3 Å². The first-order valence-corrected chi connectivity index (χ1v) is 11.7. The van der Waals surface area contributed by atoms with Crippen LogP contribution in [0.1, 0.15) is 5.56 Å². The van der Waals surface area contributed by atoms with Crippen molar-refractivity contribution >= 4 is 34.0 Å². The molecule has 1 saturated heterocycles. The number of fused-ring (bicyclic) bond motifs is 1. The molecule has 0 N–H and O–H groups in total. The van der Waals surface area contributed by atoms with Crippen LogP contribution < -0.4 is 19.3 Å². The molecule has 0 bridgehead atoms. The minimum atomic E-state index is 0.653. The van der Waals surface area contributed by atoms with Gasteiger partial charge in [-0.1, -0.05) is 48.0 Å². The predicted octanol–water partition coefficient (Wildman–Crippen LogP) is 5.60. The highest BCUT2D eigenvalue weighted by Gasteiger charge is 2.23. The lowest BCUT2D eigenvalue weighted by Gasteiger charge is -2.38. The van der Waals surface area contributed by atoms with Crippen LogP contribution in [0.5, 0.6) is 11.5 Å². The summed E-state index contributed by atoms with van der Waals surface area (Å²) in [4.78, 5) is 14.6. The molecule has 1 aliphatic rings. The van der Waals surface area contributed by atoms with Gasteiger partial charge in [0.1, 0.15) is 5.82 Å². The summed E-state index contributed by atoms with van der Waals surface area (Å²) in [5, 5.41) is 1.71. The average molecular weight is 475 g/mol. The summed E-state index contributed by atoms with van der Waals surface area (Å²) in [5.74, 6) is 2.93. The van der Waals surface area contributed by atoms with Crippen LogP contribution in [0.15, 0.2) is 60.7 Å². The van der Waals surface area contributed by atoms with Crippen LogP contribution in [-0.2, 0) is 0 Å². The first kappa shape index (κ1) is 22.3. The van der Waals surface area contributed by atoms with E-state index in [1.165, 1.54) is 11.3 Å². The van der Waals surface area contributed by atoms with E-state index >= 15 is 0 Å². The number of halogens is 1. The van der Waals surface area contributed by atoms with Crippen LogP contribution >= 0.6 is 11.6 Å². The summed E-state index contributed by atoms with van der Waals surface area (Å²) in [6, 6.07) is 20.0. The highest BCUT2D eigenvalue weighted by molar-refractivity contribution is 6.30. The lowest BCUT2D eigenvalue weighted by atomic mass is 10.1. The molecule has 174 valence electrons. The number of aryl methyl sites for hydroxylation is 1. The SMILES string of the molecule is COc1cc2nc(-c3ccccc3)nc(N3CCN(c4cc(Cl)ccc4C)CC3)c2cc1OC. The van der Waals surface area contributed by atoms with E-state index < -0.39 is 0 Å². The summed E-state index contributed by atoms with van der Waals surface area (Å²) in [6.07, 6.45) is 0. The highest BCUT2D eigenvalue weighted by atomic mass is 35.5. The number of anilines is 2. The fraction of sp³-hybridized carbons (Fsp3) is 0.259. The number of aromatic nitrogens is 2. The Balaban J connectivity index is 1.54. The molecule has 0 saturated carbocycles. The predicted molar refractivity (Wildman–Crippen MR) is 139 cm³/mol. The summed E-state index contributed by atoms with van der Waals surface area (Å²) >= 11 is 6.28. The molecule has 2 heterocycles. The van der Waals surface area contributed by atoms with Gasteiger partial charge in [0.05, 0.1) is 19.7 Å². The summed E-state index contributed by atoms with van der Waals surface area (Å²) in [5.41, 5.74) is 4.23. The maximum absolute atomic E-state index is 6.28. The van der Waals surface area contributed by atoms with Gasteiger partial charge in [-0.2, -0.15) is 0 Å². The van der Waals surface area contributed by atoms with Gasteiger partial charge in [0.15, 0.2) is 17.3 Å². The molecule has 3 aromatic carbocycles. The number of methoxy groups -OCH3 is 2. The molecule has 5 rings (SSSR count). The molecule has 34 heavy (non-hydrogen) atoms. The average Bonchev–Trinajstić information content (AvgIpc) is 2.89. The van der Waals surface area contributed by atoms with E-state index in [1.807, 2.05) is 48.5 Å². The Hall–Kier alpha value is -3.51. The van der Waals surface area contributed by atoms with Crippen molar-refractivity contribution in [1.29, 1.82) is 0 Å². The van der Waals surface area contributed by atoms with Gasteiger partial charge in [-0.15, -0.1) is 0 Å². The fourth-order valence-electron chi connectivity index (χ4n) is 4.48.